The maximum absolute atomic E-state index is 12.9. The summed E-state index contributed by atoms with van der Waals surface area (Å²) in [5.41, 5.74) is 0.753. The summed E-state index contributed by atoms with van der Waals surface area (Å²) >= 11 is 1.01. The largest absolute Gasteiger partial charge is 0.465 e. The van der Waals surface area contributed by atoms with Crippen LogP contribution in [-0.2, 0) is 21.3 Å². The first-order valence-electron chi connectivity index (χ1n) is 7.58. The fourth-order valence-corrected chi connectivity index (χ4v) is 4.95. The fourth-order valence-electron chi connectivity index (χ4n) is 2.40. The number of methoxy groups -OCH3 is 1. The predicted octanol–water partition coefficient (Wildman–Crippen LogP) is 1.85. The van der Waals surface area contributed by atoms with Crippen molar-refractivity contribution in [3.8, 4) is 0 Å². The molecule has 0 saturated heterocycles. The lowest BCUT2D eigenvalue weighted by molar-refractivity contribution is 0.0602. The van der Waals surface area contributed by atoms with E-state index in [1.54, 1.807) is 0 Å². The van der Waals surface area contributed by atoms with Gasteiger partial charge < -0.3 is 4.74 Å². The highest BCUT2D eigenvalue weighted by Gasteiger charge is 2.28. The van der Waals surface area contributed by atoms with E-state index >= 15 is 0 Å². The molecule has 0 unspecified atom stereocenters. The number of ether oxygens (including phenoxy) is 1. The first-order valence-corrected chi connectivity index (χ1v) is 9.94. The van der Waals surface area contributed by atoms with Crippen molar-refractivity contribution in [2.75, 3.05) is 7.11 Å². The summed E-state index contributed by atoms with van der Waals surface area (Å²) < 4.78 is 33.1. The molecular formula is C16H16N4O4S2. The van der Waals surface area contributed by atoms with E-state index in [4.69, 9.17) is 0 Å². The molecule has 0 fully saturated rings. The van der Waals surface area contributed by atoms with Crippen molar-refractivity contribution in [3.05, 3.63) is 64.6 Å². The summed E-state index contributed by atoms with van der Waals surface area (Å²) in [7, 11) is -2.75. The van der Waals surface area contributed by atoms with E-state index in [-0.39, 0.29) is 16.3 Å². The summed E-state index contributed by atoms with van der Waals surface area (Å²) in [6.07, 6.45) is 3.04. The number of thiophene rings is 1. The van der Waals surface area contributed by atoms with E-state index in [1.165, 1.54) is 35.7 Å². The summed E-state index contributed by atoms with van der Waals surface area (Å²) in [4.78, 5) is 13.1. The molecule has 0 aliphatic rings. The Morgan fingerprint density at radius 1 is 1.23 bits per heavy atom. The van der Waals surface area contributed by atoms with Gasteiger partial charge in [-0.05, 0) is 17.0 Å². The molecule has 0 saturated carbocycles. The van der Waals surface area contributed by atoms with Gasteiger partial charge >= 0.3 is 5.97 Å². The molecule has 1 N–H and O–H groups in total. The summed E-state index contributed by atoms with van der Waals surface area (Å²) in [6, 6.07) is 9.87. The zero-order valence-electron chi connectivity index (χ0n) is 13.8. The maximum Gasteiger partial charge on any atom is 0.349 e. The van der Waals surface area contributed by atoms with Crippen molar-refractivity contribution in [1.82, 2.24) is 19.7 Å². The SMILES string of the molecule is COC(=O)c1sccc1S(=O)(=O)N[C@@H](Cn1nccn1)c1ccccc1. The number of esters is 1. The van der Waals surface area contributed by atoms with Gasteiger partial charge in [0.1, 0.15) is 9.77 Å². The third-order valence-corrected chi connectivity index (χ3v) is 6.14. The van der Waals surface area contributed by atoms with Crippen LogP contribution in [0.1, 0.15) is 21.3 Å². The quantitative estimate of drug-likeness (QED) is 0.616. The minimum Gasteiger partial charge on any atom is -0.465 e. The van der Waals surface area contributed by atoms with E-state index in [9.17, 15) is 13.2 Å². The van der Waals surface area contributed by atoms with E-state index in [1.807, 2.05) is 30.3 Å². The van der Waals surface area contributed by atoms with Gasteiger partial charge in [-0.15, -0.1) is 11.3 Å². The highest BCUT2D eigenvalue weighted by atomic mass is 32.2. The second-order valence-corrected chi connectivity index (χ2v) is 7.87. The molecule has 0 amide bonds. The lowest BCUT2D eigenvalue weighted by Crippen LogP contribution is -2.32. The van der Waals surface area contributed by atoms with E-state index < -0.39 is 22.0 Å². The molecule has 2 heterocycles. The number of nitrogens with one attached hydrogen (secondary N) is 1. The molecule has 0 aliphatic heterocycles. The second kappa shape index (κ2) is 7.77. The molecule has 2 aromatic heterocycles. The Kier molecular flexibility index (Phi) is 5.45. The molecular weight excluding hydrogens is 376 g/mol. The molecule has 3 rings (SSSR count). The number of hydrogen-bond donors (Lipinski definition) is 1. The van der Waals surface area contributed by atoms with Crippen LogP contribution in [0.4, 0.5) is 0 Å². The van der Waals surface area contributed by atoms with Crippen LogP contribution in [0.15, 0.2) is 59.1 Å². The molecule has 136 valence electrons. The lowest BCUT2D eigenvalue weighted by Gasteiger charge is -2.19. The molecule has 10 heteroatoms. The average Bonchev–Trinajstić information content (AvgIpc) is 3.33. The Labute approximate surface area is 154 Å². The highest BCUT2D eigenvalue weighted by Crippen LogP contribution is 2.25. The fraction of sp³-hybridized carbons (Fsp3) is 0.188. The van der Waals surface area contributed by atoms with Crippen LogP contribution in [0.5, 0.6) is 0 Å². The van der Waals surface area contributed by atoms with Gasteiger partial charge in [-0.2, -0.15) is 15.0 Å². The standard InChI is InChI=1S/C16H16N4O4S2/c1-24-16(21)15-14(7-10-25-15)26(22,23)19-13(11-20-17-8-9-18-20)12-5-3-2-4-6-12/h2-10,13,19H,11H2,1H3/t13-/m0/s1. The maximum atomic E-state index is 12.9. The van der Waals surface area contributed by atoms with Gasteiger partial charge in [-0.25, -0.2) is 17.9 Å². The molecule has 0 bridgehead atoms. The number of hydrogen-bond acceptors (Lipinski definition) is 7. The van der Waals surface area contributed by atoms with Gasteiger partial charge in [0.05, 0.1) is 32.1 Å². The minimum atomic E-state index is -3.96. The Morgan fingerprint density at radius 3 is 2.58 bits per heavy atom. The molecule has 0 radical (unpaired) electrons. The zero-order chi connectivity index (χ0) is 18.6. The normalized spacial score (nSPS) is 12.7. The van der Waals surface area contributed by atoms with Gasteiger partial charge in [0, 0.05) is 0 Å². The lowest BCUT2D eigenvalue weighted by atomic mass is 10.1. The molecule has 3 aromatic rings. The number of rotatable bonds is 7. The van der Waals surface area contributed by atoms with Crippen molar-refractivity contribution in [2.45, 2.75) is 17.5 Å². The molecule has 0 aliphatic carbocycles. The third-order valence-electron chi connectivity index (χ3n) is 3.60. The highest BCUT2D eigenvalue weighted by molar-refractivity contribution is 7.89. The van der Waals surface area contributed by atoms with Crippen LogP contribution in [0, 0.1) is 0 Å². The van der Waals surface area contributed by atoms with Crippen LogP contribution < -0.4 is 4.72 Å². The van der Waals surface area contributed by atoms with Crippen LogP contribution in [-0.4, -0.2) is 36.5 Å². The number of benzene rings is 1. The van der Waals surface area contributed by atoms with E-state index in [2.05, 4.69) is 19.7 Å². The molecule has 0 spiro atoms. The summed E-state index contributed by atoms with van der Waals surface area (Å²) in [6.45, 7) is 0.202. The Hall–Kier alpha value is -2.56. The first kappa shape index (κ1) is 18.2. The summed E-state index contributed by atoms with van der Waals surface area (Å²) in [5, 5.41) is 9.60. The summed E-state index contributed by atoms with van der Waals surface area (Å²) in [5.74, 6) is -0.689. The van der Waals surface area contributed by atoms with Gasteiger partial charge in [0.2, 0.25) is 10.0 Å². The van der Waals surface area contributed by atoms with E-state index in [0.29, 0.717) is 0 Å². The van der Waals surface area contributed by atoms with Crippen molar-refractivity contribution in [1.29, 1.82) is 0 Å². The monoisotopic (exact) mass is 392 g/mol. The van der Waals surface area contributed by atoms with Crippen LogP contribution in [0.25, 0.3) is 0 Å². The number of sulfonamides is 1. The molecule has 1 aromatic carbocycles. The number of carbonyl (C=O) groups is 1. The van der Waals surface area contributed by atoms with Gasteiger partial charge in [-0.3, -0.25) is 0 Å². The third kappa shape index (κ3) is 3.98. The van der Waals surface area contributed by atoms with Crippen molar-refractivity contribution >= 4 is 27.3 Å². The Morgan fingerprint density at radius 2 is 1.92 bits per heavy atom. The minimum absolute atomic E-state index is 0.0315. The van der Waals surface area contributed by atoms with Crippen molar-refractivity contribution < 1.29 is 17.9 Å². The van der Waals surface area contributed by atoms with E-state index in [0.717, 1.165) is 16.9 Å². The van der Waals surface area contributed by atoms with Crippen LogP contribution in [0.2, 0.25) is 0 Å². The van der Waals surface area contributed by atoms with Crippen molar-refractivity contribution in [3.63, 3.8) is 0 Å². The second-order valence-electron chi connectivity index (χ2n) is 5.27. The number of nitrogens with zero attached hydrogens (tertiary/aromatic N) is 3. The smallest absolute Gasteiger partial charge is 0.349 e. The number of aromatic nitrogens is 3. The van der Waals surface area contributed by atoms with Gasteiger partial charge in [-0.1, -0.05) is 30.3 Å². The first-order chi connectivity index (χ1) is 12.5. The van der Waals surface area contributed by atoms with Gasteiger partial charge in [0.25, 0.3) is 0 Å². The Bertz CT molecular complexity index is 969. The van der Waals surface area contributed by atoms with Crippen LogP contribution >= 0.6 is 11.3 Å². The average molecular weight is 392 g/mol. The Balaban J connectivity index is 1.93. The molecule has 8 nitrogen and oxygen atoms in total. The van der Waals surface area contributed by atoms with Crippen LogP contribution in [0.3, 0.4) is 0 Å². The number of carbonyl (C=O) groups excluding carboxylic acids is 1. The zero-order valence-corrected chi connectivity index (χ0v) is 15.4. The predicted molar refractivity (Wildman–Crippen MR) is 95.2 cm³/mol. The van der Waals surface area contributed by atoms with Gasteiger partial charge in [0.15, 0.2) is 0 Å². The molecule has 26 heavy (non-hydrogen) atoms. The van der Waals surface area contributed by atoms with Crippen molar-refractivity contribution in [2.24, 2.45) is 0 Å². The topological polar surface area (TPSA) is 103 Å². The molecule has 1 atom stereocenters.